The van der Waals surface area contributed by atoms with Gasteiger partial charge in [0.25, 0.3) is 5.91 Å². The van der Waals surface area contributed by atoms with Crippen molar-refractivity contribution in [3.05, 3.63) is 52.3 Å². The molecule has 8 heteroatoms. The molecular weight excluding hydrogens is 360 g/mol. The van der Waals surface area contributed by atoms with Crippen molar-refractivity contribution < 1.29 is 19.1 Å². The van der Waals surface area contributed by atoms with Gasteiger partial charge in [0, 0.05) is 14.1 Å². The summed E-state index contributed by atoms with van der Waals surface area (Å²) in [6.45, 7) is 5.48. The third-order valence-corrected chi connectivity index (χ3v) is 4.31. The van der Waals surface area contributed by atoms with Crippen LogP contribution in [0.15, 0.2) is 24.3 Å². The first-order chi connectivity index (χ1) is 13.2. The van der Waals surface area contributed by atoms with Gasteiger partial charge in [-0.1, -0.05) is 29.8 Å². The van der Waals surface area contributed by atoms with Crippen LogP contribution in [0.5, 0.6) is 0 Å². The second-order valence-electron chi connectivity index (χ2n) is 6.83. The van der Waals surface area contributed by atoms with E-state index >= 15 is 0 Å². The van der Waals surface area contributed by atoms with Crippen LogP contribution in [0.3, 0.4) is 0 Å². The van der Waals surface area contributed by atoms with E-state index in [-0.39, 0.29) is 12.5 Å². The monoisotopic (exact) mass is 386 g/mol. The quantitative estimate of drug-likeness (QED) is 0.722. The summed E-state index contributed by atoms with van der Waals surface area (Å²) in [5.41, 5.74) is 3.81. The molecule has 0 bridgehead atoms. The first-order valence-electron chi connectivity index (χ1n) is 8.92. The molecule has 0 aliphatic heterocycles. The molecule has 0 fully saturated rings. The lowest BCUT2D eigenvalue weighted by molar-refractivity contribution is -0.131. The van der Waals surface area contributed by atoms with Crippen molar-refractivity contribution >= 4 is 17.8 Å². The van der Waals surface area contributed by atoms with E-state index in [1.807, 2.05) is 31.2 Å². The number of amides is 2. The number of aryl methyl sites for hydroxylation is 2. The molecule has 0 radical (unpaired) electrons. The Morgan fingerprint density at radius 1 is 1.11 bits per heavy atom. The average Bonchev–Trinajstić information content (AvgIpc) is 2.92. The largest absolute Gasteiger partial charge is 0.452 e. The maximum atomic E-state index is 12.4. The minimum Gasteiger partial charge on any atom is -0.452 e. The number of rotatable bonds is 7. The van der Waals surface area contributed by atoms with Crippen molar-refractivity contribution in [2.24, 2.45) is 0 Å². The van der Waals surface area contributed by atoms with E-state index in [1.54, 1.807) is 32.6 Å². The minimum atomic E-state index is -0.612. The Bertz CT molecular complexity index is 869. The summed E-state index contributed by atoms with van der Waals surface area (Å²) in [5, 5.41) is 6.83. The SMILES string of the molecule is Cc1ccc(Cn2nc(C)c(C(=O)OCC(=O)NCC(=O)N(C)C)c2C)cc1. The molecule has 1 aromatic heterocycles. The van der Waals surface area contributed by atoms with Crippen molar-refractivity contribution in [3.63, 3.8) is 0 Å². The van der Waals surface area contributed by atoms with Crippen molar-refractivity contribution in [2.75, 3.05) is 27.2 Å². The summed E-state index contributed by atoms with van der Waals surface area (Å²) in [6, 6.07) is 8.08. The van der Waals surface area contributed by atoms with Gasteiger partial charge in [-0.2, -0.15) is 5.10 Å². The smallest absolute Gasteiger partial charge is 0.342 e. The van der Waals surface area contributed by atoms with Crippen LogP contribution in [-0.2, 0) is 20.9 Å². The number of hydrogen-bond donors (Lipinski definition) is 1. The van der Waals surface area contributed by atoms with Gasteiger partial charge in [-0.25, -0.2) is 4.79 Å². The summed E-state index contributed by atoms with van der Waals surface area (Å²) in [6.07, 6.45) is 0. The van der Waals surface area contributed by atoms with Gasteiger partial charge in [0.15, 0.2) is 6.61 Å². The highest BCUT2D eigenvalue weighted by atomic mass is 16.5. The molecule has 0 atom stereocenters. The molecule has 1 N–H and O–H groups in total. The molecule has 0 aliphatic carbocycles. The standard InChI is InChI=1S/C20H26N4O4/c1-13-6-8-16(9-7-13)11-24-15(3)19(14(2)22-24)20(27)28-12-17(25)21-10-18(26)23(4)5/h6-9H,10-12H2,1-5H3,(H,21,25). The van der Waals surface area contributed by atoms with Crippen LogP contribution in [0, 0.1) is 20.8 Å². The van der Waals surface area contributed by atoms with Crippen LogP contribution in [0.2, 0.25) is 0 Å². The van der Waals surface area contributed by atoms with Gasteiger partial charge < -0.3 is 15.0 Å². The Hall–Kier alpha value is -3.16. The third kappa shape index (κ3) is 5.42. The van der Waals surface area contributed by atoms with Crippen LogP contribution in [0.1, 0.15) is 32.9 Å². The number of nitrogens with one attached hydrogen (secondary N) is 1. The van der Waals surface area contributed by atoms with E-state index in [4.69, 9.17) is 4.74 Å². The summed E-state index contributed by atoms with van der Waals surface area (Å²) in [4.78, 5) is 37.0. The molecule has 1 aromatic carbocycles. The molecule has 0 saturated carbocycles. The topological polar surface area (TPSA) is 93.5 Å². The second kappa shape index (κ2) is 9.16. The fourth-order valence-corrected chi connectivity index (χ4v) is 2.60. The molecule has 0 unspecified atom stereocenters. The van der Waals surface area contributed by atoms with Gasteiger partial charge in [0.2, 0.25) is 5.91 Å². The molecule has 2 amide bonds. The van der Waals surface area contributed by atoms with Gasteiger partial charge in [0.1, 0.15) is 5.56 Å². The van der Waals surface area contributed by atoms with E-state index < -0.39 is 18.5 Å². The van der Waals surface area contributed by atoms with Crippen molar-refractivity contribution in [3.8, 4) is 0 Å². The molecule has 150 valence electrons. The van der Waals surface area contributed by atoms with Crippen molar-refractivity contribution in [1.82, 2.24) is 20.0 Å². The van der Waals surface area contributed by atoms with Crippen LogP contribution >= 0.6 is 0 Å². The molecule has 2 aromatic rings. The predicted octanol–water partition coefficient (Wildman–Crippen LogP) is 1.22. The van der Waals surface area contributed by atoms with Crippen LogP contribution in [0.4, 0.5) is 0 Å². The molecule has 2 rings (SSSR count). The lowest BCUT2D eigenvalue weighted by atomic mass is 10.1. The van der Waals surface area contributed by atoms with Gasteiger partial charge in [-0.15, -0.1) is 0 Å². The highest BCUT2D eigenvalue weighted by Gasteiger charge is 2.21. The number of nitrogens with zero attached hydrogens (tertiary/aromatic N) is 3. The van der Waals surface area contributed by atoms with E-state index in [1.165, 1.54) is 10.5 Å². The van der Waals surface area contributed by atoms with Crippen molar-refractivity contribution in [2.45, 2.75) is 27.3 Å². The summed E-state index contributed by atoms with van der Waals surface area (Å²) < 4.78 is 6.84. The zero-order chi connectivity index (χ0) is 20.8. The normalized spacial score (nSPS) is 10.5. The first-order valence-corrected chi connectivity index (χ1v) is 8.92. The third-order valence-electron chi connectivity index (χ3n) is 4.31. The Kier molecular flexibility index (Phi) is 6.92. The number of esters is 1. The fourth-order valence-electron chi connectivity index (χ4n) is 2.60. The molecule has 0 saturated heterocycles. The number of carbonyl (C=O) groups excluding carboxylic acids is 3. The first kappa shape index (κ1) is 21.1. The number of benzene rings is 1. The highest BCUT2D eigenvalue weighted by Crippen LogP contribution is 2.16. The lowest BCUT2D eigenvalue weighted by Crippen LogP contribution is -2.38. The minimum absolute atomic E-state index is 0.143. The Morgan fingerprint density at radius 2 is 1.75 bits per heavy atom. The van der Waals surface area contributed by atoms with E-state index in [2.05, 4.69) is 10.4 Å². The predicted molar refractivity (Wildman–Crippen MR) is 104 cm³/mol. The van der Waals surface area contributed by atoms with Crippen LogP contribution in [0.25, 0.3) is 0 Å². The molecule has 8 nitrogen and oxygen atoms in total. The lowest BCUT2D eigenvalue weighted by Gasteiger charge is -2.11. The van der Waals surface area contributed by atoms with Crippen LogP contribution in [-0.4, -0.2) is 59.7 Å². The molecule has 0 aliphatic rings. The van der Waals surface area contributed by atoms with Gasteiger partial charge in [-0.05, 0) is 26.3 Å². The number of hydrogen-bond acceptors (Lipinski definition) is 5. The van der Waals surface area contributed by atoms with E-state index in [0.717, 1.165) is 5.56 Å². The number of carbonyl (C=O) groups is 3. The zero-order valence-corrected chi connectivity index (χ0v) is 16.9. The van der Waals surface area contributed by atoms with Crippen molar-refractivity contribution in [1.29, 1.82) is 0 Å². The highest BCUT2D eigenvalue weighted by molar-refractivity contribution is 5.93. The molecule has 28 heavy (non-hydrogen) atoms. The Morgan fingerprint density at radius 3 is 2.36 bits per heavy atom. The molecular formula is C20H26N4O4. The Labute approximate surface area is 164 Å². The summed E-state index contributed by atoms with van der Waals surface area (Å²) in [7, 11) is 3.18. The number of likely N-dealkylation sites (N-methyl/N-ethyl adjacent to an activating group) is 1. The van der Waals surface area contributed by atoms with Crippen LogP contribution < -0.4 is 5.32 Å². The fraction of sp³-hybridized carbons (Fsp3) is 0.400. The van der Waals surface area contributed by atoms with E-state index in [0.29, 0.717) is 23.5 Å². The molecule has 0 spiro atoms. The second-order valence-corrected chi connectivity index (χ2v) is 6.83. The molecule has 1 heterocycles. The van der Waals surface area contributed by atoms with Gasteiger partial charge >= 0.3 is 5.97 Å². The van der Waals surface area contributed by atoms with E-state index in [9.17, 15) is 14.4 Å². The van der Waals surface area contributed by atoms with Gasteiger partial charge in [0.05, 0.1) is 24.5 Å². The maximum Gasteiger partial charge on any atom is 0.342 e. The van der Waals surface area contributed by atoms with Gasteiger partial charge in [-0.3, -0.25) is 14.3 Å². The summed E-state index contributed by atoms with van der Waals surface area (Å²) >= 11 is 0. The number of ether oxygens (including phenoxy) is 1. The number of aromatic nitrogens is 2. The maximum absolute atomic E-state index is 12.4. The summed E-state index contributed by atoms with van der Waals surface area (Å²) in [5.74, 6) is -1.39. The zero-order valence-electron chi connectivity index (χ0n) is 16.9. The average molecular weight is 386 g/mol. The Balaban J connectivity index is 1.98.